The first-order valence-electron chi connectivity index (χ1n) is 2.91. The number of thioether (sulfide) groups is 2. The van der Waals surface area contributed by atoms with E-state index < -0.39 is 0 Å². The van der Waals surface area contributed by atoms with Crippen LogP contribution in [0.5, 0.6) is 0 Å². The highest BCUT2D eigenvalue weighted by Gasteiger charge is 2.13. The number of hydrogen-bond acceptors (Lipinski definition) is 5. The van der Waals surface area contributed by atoms with Crippen LogP contribution >= 0.6 is 46.2 Å². The van der Waals surface area contributed by atoms with E-state index in [1.165, 1.54) is 31.8 Å². The molecule has 0 radical (unpaired) electrons. The van der Waals surface area contributed by atoms with Crippen molar-refractivity contribution in [1.82, 2.24) is 0 Å². The van der Waals surface area contributed by atoms with Crippen molar-refractivity contribution in [2.75, 3.05) is 0 Å². The van der Waals surface area contributed by atoms with Crippen LogP contribution < -0.4 is 4.06 Å². The van der Waals surface area contributed by atoms with Gasteiger partial charge in [-0.1, -0.05) is 46.2 Å². The van der Waals surface area contributed by atoms with Crippen LogP contribution in [0.2, 0.25) is 0 Å². The van der Waals surface area contributed by atoms with Crippen LogP contribution in [-0.2, 0) is 0 Å². The zero-order valence-electron chi connectivity index (χ0n) is 5.62. The lowest BCUT2D eigenvalue weighted by Crippen LogP contribution is -1.73. The molecule has 0 N–H and O–H groups in total. The second-order valence-electron chi connectivity index (χ2n) is 1.98. The minimum absolute atomic E-state index is 0.207. The molecule has 11 heavy (non-hydrogen) atoms. The van der Waals surface area contributed by atoms with Crippen LogP contribution in [0.3, 0.4) is 0 Å². The van der Waals surface area contributed by atoms with Crippen LogP contribution in [0.25, 0.3) is 0 Å². The number of allylic oxidation sites excluding steroid dienone is 1. The molecular formula is C6H4OS4. The summed E-state index contributed by atoms with van der Waals surface area (Å²) in [5, 5.41) is 2.09. The molecule has 0 amide bonds. The van der Waals surface area contributed by atoms with E-state index in [1.54, 1.807) is 23.5 Å². The predicted molar refractivity (Wildman–Crippen MR) is 53.9 cm³/mol. The number of fused-ring (bicyclic) bond motifs is 1. The second kappa shape index (κ2) is 2.97. The first kappa shape index (κ1) is 7.91. The lowest BCUT2D eigenvalue weighted by atomic mass is 10.8. The molecule has 0 fully saturated rings. The number of rotatable bonds is 0. The Morgan fingerprint density at radius 1 is 1.27 bits per heavy atom. The molecule has 5 heteroatoms. The smallest absolute Gasteiger partial charge is 0.265 e. The molecule has 2 rings (SSSR count). The van der Waals surface area contributed by atoms with E-state index >= 15 is 0 Å². The maximum atomic E-state index is 11.0. The molecule has 1 aromatic rings. The highest BCUT2D eigenvalue weighted by Crippen LogP contribution is 2.45. The minimum Gasteiger partial charge on any atom is -0.265 e. The van der Waals surface area contributed by atoms with Crippen molar-refractivity contribution in [3.8, 4) is 0 Å². The van der Waals surface area contributed by atoms with Gasteiger partial charge in [0.05, 0.1) is 8.42 Å². The quantitative estimate of drug-likeness (QED) is 0.668. The van der Waals surface area contributed by atoms with Crippen molar-refractivity contribution >= 4 is 46.2 Å². The minimum atomic E-state index is 0.207. The summed E-state index contributed by atoms with van der Waals surface area (Å²) >= 11 is 6.08. The van der Waals surface area contributed by atoms with Crippen LogP contribution in [-0.4, -0.2) is 0 Å². The molecule has 0 bridgehead atoms. The first-order chi connectivity index (χ1) is 5.25. The summed E-state index contributed by atoms with van der Waals surface area (Å²) in [5.74, 6) is 0. The Hall–Kier alpha value is 0.290. The third-order valence-electron chi connectivity index (χ3n) is 1.10. The average molecular weight is 220 g/mol. The summed E-state index contributed by atoms with van der Waals surface area (Å²) in [6.45, 7) is 2.06. The largest absolute Gasteiger partial charge is 0.289 e. The third-order valence-corrected chi connectivity index (χ3v) is 6.14. The molecule has 0 aromatic carbocycles. The Kier molecular flexibility index (Phi) is 2.14. The highest BCUT2D eigenvalue weighted by atomic mass is 32.2. The van der Waals surface area contributed by atoms with Crippen LogP contribution in [0, 0.1) is 0 Å². The SMILES string of the molecule is CC1=CSc2sc(=O)sc2S1. The Morgan fingerprint density at radius 3 is 2.82 bits per heavy atom. The lowest BCUT2D eigenvalue weighted by Gasteiger charge is -2.05. The van der Waals surface area contributed by atoms with Gasteiger partial charge in [0.1, 0.15) is 0 Å². The van der Waals surface area contributed by atoms with Gasteiger partial charge in [0, 0.05) is 0 Å². The van der Waals surface area contributed by atoms with Crippen LogP contribution in [0.4, 0.5) is 0 Å². The fraction of sp³-hybridized carbons (Fsp3) is 0.167. The van der Waals surface area contributed by atoms with Crippen molar-refractivity contribution in [2.24, 2.45) is 0 Å². The molecule has 0 saturated heterocycles. The van der Waals surface area contributed by atoms with Crippen LogP contribution in [0.1, 0.15) is 6.92 Å². The normalized spacial score (nSPS) is 15.9. The van der Waals surface area contributed by atoms with Crippen molar-refractivity contribution in [2.45, 2.75) is 15.3 Å². The van der Waals surface area contributed by atoms with Gasteiger partial charge in [-0.05, 0) is 17.2 Å². The maximum absolute atomic E-state index is 11.0. The Labute approximate surface area is 80.5 Å². The van der Waals surface area contributed by atoms with Gasteiger partial charge in [-0.15, -0.1) is 0 Å². The molecule has 1 aliphatic heterocycles. The molecule has 0 unspecified atom stereocenters. The van der Waals surface area contributed by atoms with Gasteiger partial charge in [0.15, 0.2) is 0 Å². The van der Waals surface area contributed by atoms with Crippen molar-refractivity contribution < 1.29 is 0 Å². The topological polar surface area (TPSA) is 17.1 Å². The fourth-order valence-corrected chi connectivity index (χ4v) is 5.62. The summed E-state index contributed by atoms with van der Waals surface area (Å²) in [6.07, 6.45) is 0. The highest BCUT2D eigenvalue weighted by molar-refractivity contribution is 8.11. The standard InChI is InChI=1S/C6H4OS4/c1-3-2-8-4-5(9-3)11-6(7)10-4/h2H,1H3. The van der Waals surface area contributed by atoms with Gasteiger partial charge >= 0.3 is 0 Å². The van der Waals surface area contributed by atoms with Gasteiger partial charge in [-0.2, -0.15) is 0 Å². The van der Waals surface area contributed by atoms with E-state index in [0.29, 0.717) is 0 Å². The first-order valence-corrected chi connectivity index (χ1v) is 6.24. The molecule has 2 heterocycles. The van der Waals surface area contributed by atoms with E-state index in [2.05, 4.69) is 12.3 Å². The van der Waals surface area contributed by atoms with E-state index in [9.17, 15) is 4.79 Å². The lowest BCUT2D eigenvalue weighted by molar-refractivity contribution is 1.51. The van der Waals surface area contributed by atoms with Gasteiger partial charge < -0.3 is 0 Å². The van der Waals surface area contributed by atoms with E-state index in [-0.39, 0.29) is 4.06 Å². The molecule has 0 spiro atoms. The van der Waals surface area contributed by atoms with Crippen molar-refractivity contribution in [3.05, 3.63) is 19.2 Å². The average Bonchev–Trinajstić information content (AvgIpc) is 2.27. The second-order valence-corrected chi connectivity index (χ2v) is 6.86. The van der Waals surface area contributed by atoms with E-state index in [4.69, 9.17) is 0 Å². The zero-order valence-corrected chi connectivity index (χ0v) is 8.88. The summed E-state index contributed by atoms with van der Waals surface area (Å²) in [4.78, 5) is 12.2. The molecule has 1 aliphatic rings. The zero-order chi connectivity index (χ0) is 7.84. The Bertz CT molecular complexity index is 359. The molecular weight excluding hydrogens is 216 g/mol. The van der Waals surface area contributed by atoms with Gasteiger partial charge in [0.2, 0.25) is 0 Å². The maximum Gasteiger partial charge on any atom is 0.289 e. The summed E-state index contributed by atoms with van der Waals surface area (Å²) < 4.78 is 2.54. The molecule has 0 aliphatic carbocycles. The summed E-state index contributed by atoms with van der Waals surface area (Å²) in [5.41, 5.74) is 0. The summed E-state index contributed by atoms with van der Waals surface area (Å²) in [6, 6.07) is 0. The molecule has 0 saturated carbocycles. The monoisotopic (exact) mass is 220 g/mol. The fourth-order valence-electron chi connectivity index (χ4n) is 0.697. The van der Waals surface area contributed by atoms with E-state index in [0.717, 1.165) is 4.21 Å². The van der Waals surface area contributed by atoms with Crippen LogP contribution in [0.15, 0.2) is 23.5 Å². The van der Waals surface area contributed by atoms with Gasteiger partial charge in [0.25, 0.3) is 4.06 Å². The Balaban J connectivity index is 2.48. The number of hydrogen-bond donors (Lipinski definition) is 0. The van der Waals surface area contributed by atoms with Crippen molar-refractivity contribution in [1.29, 1.82) is 0 Å². The predicted octanol–water partition coefficient (Wildman–Crippen LogP) is 3.23. The summed E-state index contributed by atoms with van der Waals surface area (Å²) in [7, 11) is 0. The van der Waals surface area contributed by atoms with Gasteiger partial charge in [-0.25, -0.2) is 0 Å². The van der Waals surface area contributed by atoms with E-state index in [1.807, 2.05) is 0 Å². The molecule has 0 atom stereocenters. The third kappa shape index (κ3) is 1.56. The molecule has 1 nitrogen and oxygen atoms in total. The Morgan fingerprint density at radius 2 is 2.00 bits per heavy atom. The van der Waals surface area contributed by atoms with Gasteiger partial charge in [-0.3, -0.25) is 4.79 Å². The van der Waals surface area contributed by atoms with Crippen molar-refractivity contribution in [3.63, 3.8) is 0 Å². The molecule has 58 valence electrons. The molecule has 1 aromatic heterocycles.